The number of rotatable bonds is 2. The van der Waals surface area contributed by atoms with E-state index in [9.17, 15) is 4.79 Å². The molecule has 12 heavy (non-hydrogen) atoms. The first-order chi connectivity index (χ1) is 5.44. The lowest BCUT2D eigenvalue weighted by atomic mass is 9.75. The molecule has 0 aliphatic heterocycles. The number of carboxylic acid groups (broad SMARTS) is 1. The lowest BCUT2D eigenvalue weighted by Crippen LogP contribution is -2.25. The SMILES string of the molecule is CC1CCC(CC(=O)O)C1(C)C. The molecule has 0 aromatic heterocycles. The third-order valence-electron chi connectivity index (χ3n) is 3.69. The summed E-state index contributed by atoms with van der Waals surface area (Å²) in [6, 6.07) is 0. The van der Waals surface area contributed by atoms with Crippen molar-refractivity contribution in [3.63, 3.8) is 0 Å². The quantitative estimate of drug-likeness (QED) is 0.691. The zero-order valence-electron chi connectivity index (χ0n) is 8.13. The highest BCUT2D eigenvalue weighted by atomic mass is 16.4. The Morgan fingerprint density at radius 3 is 2.42 bits per heavy atom. The molecule has 2 atom stereocenters. The summed E-state index contributed by atoms with van der Waals surface area (Å²) in [4.78, 5) is 10.5. The van der Waals surface area contributed by atoms with E-state index in [0.29, 0.717) is 18.3 Å². The molecule has 0 spiro atoms. The Kier molecular flexibility index (Phi) is 2.45. The van der Waals surface area contributed by atoms with E-state index in [1.54, 1.807) is 0 Å². The molecule has 2 nitrogen and oxygen atoms in total. The second-order valence-corrected chi connectivity index (χ2v) is 4.59. The van der Waals surface area contributed by atoms with Crippen LogP contribution in [0.3, 0.4) is 0 Å². The predicted molar refractivity (Wildman–Crippen MR) is 47.9 cm³/mol. The Balaban J connectivity index is 2.62. The summed E-state index contributed by atoms with van der Waals surface area (Å²) >= 11 is 0. The van der Waals surface area contributed by atoms with Crippen LogP contribution in [0.25, 0.3) is 0 Å². The monoisotopic (exact) mass is 170 g/mol. The second kappa shape index (κ2) is 3.08. The number of aliphatic carboxylic acids is 1. The summed E-state index contributed by atoms with van der Waals surface area (Å²) in [5.74, 6) is 0.397. The van der Waals surface area contributed by atoms with Crippen LogP contribution in [0.4, 0.5) is 0 Å². The highest BCUT2D eigenvalue weighted by molar-refractivity contribution is 5.67. The minimum absolute atomic E-state index is 0.221. The number of hydrogen-bond acceptors (Lipinski definition) is 1. The molecule has 0 amide bonds. The van der Waals surface area contributed by atoms with Crippen LogP contribution in [-0.4, -0.2) is 11.1 Å². The Hall–Kier alpha value is -0.530. The second-order valence-electron chi connectivity index (χ2n) is 4.59. The first-order valence-corrected chi connectivity index (χ1v) is 4.66. The van der Waals surface area contributed by atoms with E-state index >= 15 is 0 Å². The maximum Gasteiger partial charge on any atom is 0.303 e. The van der Waals surface area contributed by atoms with E-state index in [2.05, 4.69) is 20.8 Å². The van der Waals surface area contributed by atoms with Crippen LogP contribution in [0.2, 0.25) is 0 Å². The molecule has 0 radical (unpaired) electrons. The normalized spacial score (nSPS) is 33.6. The minimum atomic E-state index is -0.651. The minimum Gasteiger partial charge on any atom is -0.481 e. The van der Waals surface area contributed by atoms with Gasteiger partial charge in [0.2, 0.25) is 0 Å². The van der Waals surface area contributed by atoms with Gasteiger partial charge in [0, 0.05) is 6.42 Å². The zero-order valence-corrected chi connectivity index (χ0v) is 8.13. The molecule has 0 aromatic carbocycles. The van der Waals surface area contributed by atoms with Crippen molar-refractivity contribution in [2.45, 2.75) is 40.0 Å². The first-order valence-electron chi connectivity index (χ1n) is 4.66. The Labute approximate surface area is 74.0 Å². The molecule has 1 fully saturated rings. The van der Waals surface area contributed by atoms with Crippen LogP contribution >= 0.6 is 0 Å². The van der Waals surface area contributed by atoms with Crippen LogP contribution in [0, 0.1) is 17.3 Å². The van der Waals surface area contributed by atoms with Gasteiger partial charge in [0.05, 0.1) is 0 Å². The van der Waals surface area contributed by atoms with Crippen LogP contribution in [-0.2, 0) is 4.79 Å². The van der Waals surface area contributed by atoms with Crippen molar-refractivity contribution in [3.8, 4) is 0 Å². The topological polar surface area (TPSA) is 37.3 Å². The lowest BCUT2D eigenvalue weighted by Gasteiger charge is -2.30. The van der Waals surface area contributed by atoms with Crippen molar-refractivity contribution in [1.82, 2.24) is 0 Å². The van der Waals surface area contributed by atoms with Crippen LogP contribution in [0.1, 0.15) is 40.0 Å². The molecular formula is C10H18O2. The number of carbonyl (C=O) groups is 1. The summed E-state index contributed by atoms with van der Waals surface area (Å²) in [6.07, 6.45) is 2.61. The highest BCUT2D eigenvalue weighted by Gasteiger charge is 2.40. The maximum absolute atomic E-state index is 10.5. The molecule has 0 saturated heterocycles. The summed E-state index contributed by atoms with van der Waals surface area (Å²) < 4.78 is 0. The van der Waals surface area contributed by atoms with E-state index in [1.807, 2.05) is 0 Å². The lowest BCUT2D eigenvalue weighted by molar-refractivity contribution is -0.139. The average molecular weight is 170 g/mol. The van der Waals surface area contributed by atoms with Gasteiger partial charge in [-0.3, -0.25) is 4.79 Å². The fourth-order valence-electron chi connectivity index (χ4n) is 2.17. The van der Waals surface area contributed by atoms with E-state index in [4.69, 9.17) is 5.11 Å². The van der Waals surface area contributed by atoms with Gasteiger partial charge in [-0.1, -0.05) is 20.8 Å². The van der Waals surface area contributed by atoms with Gasteiger partial charge < -0.3 is 5.11 Å². The Bertz CT molecular complexity index is 184. The van der Waals surface area contributed by atoms with Crippen LogP contribution < -0.4 is 0 Å². The molecule has 0 heterocycles. The molecule has 1 N–H and O–H groups in total. The first kappa shape index (κ1) is 9.56. The molecule has 70 valence electrons. The van der Waals surface area contributed by atoms with Crippen LogP contribution in [0.5, 0.6) is 0 Å². The van der Waals surface area contributed by atoms with Gasteiger partial charge in [0.15, 0.2) is 0 Å². The molecule has 1 aliphatic rings. The van der Waals surface area contributed by atoms with Crippen molar-refractivity contribution >= 4 is 5.97 Å². The largest absolute Gasteiger partial charge is 0.481 e. The maximum atomic E-state index is 10.5. The third-order valence-corrected chi connectivity index (χ3v) is 3.69. The molecule has 1 saturated carbocycles. The van der Waals surface area contributed by atoms with Gasteiger partial charge in [-0.05, 0) is 30.1 Å². The number of carboxylic acids is 1. The molecule has 2 heteroatoms. The predicted octanol–water partition coefficient (Wildman–Crippen LogP) is 2.53. The molecule has 1 rings (SSSR count). The summed E-state index contributed by atoms with van der Waals surface area (Å²) in [5.41, 5.74) is 0.221. The van der Waals surface area contributed by atoms with Gasteiger partial charge in [0.1, 0.15) is 0 Å². The molecule has 2 unspecified atom stereocenters. The van der Waals surface area contributed by atoms with E-state index < -0.39 is 5.97 Å². The van der Waals surface area contributed by atoms with Crippen molar-refractivity contribution in [2.75, 3.05) is 0 Å². The Morgan fingerprint density at radius 2 is 2.08 bits per heavy atom. The van der Waals surface area contributed by atoms with Crippen molar-refractivity contribution in [3.05, 3.63) is 0 Å². The van der Waals surface area contributed by atoms with Crippen molar-refractivity contribution in [2.24, 2.45) is 17.3 Å². The zero-order chi connectivity index (χ0) is 9.35. The average Bonchev–Trinajstić information content (AvgIpc) is 2.15. The van der Waals surface area contributed by atoms with Crippen LogP contribution in [0.15, 0.2) is 0 Å². The van der Waals surface area contributed by atoms with E-state index in [0.717, 1.165) is 6.42 Å². The van der Waals surface area contributed by atoms with Crippen molar-refractivity contribution < 1.29 is 9.90 Å². The van der Waals surface area contributed by atoms with Crippen molar-refractivity contribution in [1.29, 1.82) is 0 Å². The van der Waals surface area contributed by atoms with E-state index in [1.165, 1.54) is 6.42 Å². The summed E-state index contributed by atoms with van der Waals surface area (Å²) in [7, 11) is 0. The summed E-state index contributed by atoms with van der Waals surface area (Å²) in [5, 5.41) is 8.69. The van der Waals surface area contributed by atoms with Gasteiger partial charge in [0.25, 0.3) is 0 Å². The molecular weight excluding hydrogens is 152 g/mol. The smallest absolute Gasteiger partial charge is 0.303 e. The molecule has 0 aromatic rings. The summed E-state index contributed by atoms with van der Waals surface area (Å²) in [6.45, 7) is 6.61. The fraction of sp³-hybridized carbons (Fsp3) is 0.900. The van der Waals surface area contributed by atoms with E-state index in [-0.39, 0.29) is 5.41 Å². The third kappa shape index (κ3) is 1.62. The van der Waals surface area contributed by atoms with Gasteiger partial charge in [-0.25, -0.2) is 0 Å². The van der Waals surface area contributed by atoms with Gasteiger partial charge >= 0.3 is 5.97 Å². The molecule has 1 aliphatic carbocycles. The standard InChI is InChI=1S/C10H18O2/c1-7-4-5-8(6-9(11)12)10(7,2)3/h7-8H,4-6H2,1-3H3,(H,11,12). The van der Waals surface area contributed by atoms with Gasteiger partial charge in [-0.2, -0.15) is 0 Å². The highest BCUT2D eigenvalue weighted by Crippen LogP contribution is 2.48. The van der Waals surface area contributed by atoms with Gasteiger partial charge in [-0.15, -0.1) is 0 Å². The molecule has 0 bridgehead atoms. The fourth-order valence-corrected chi connectivity index (χ4v) is 2.17. The number of hydrogen-bond donors (Lipinski definition) is 1. The Morgan fingerprint density at radius 1 is 1.50 bits per heavy atom.